The number of piperidine rings is 1. The molecule has 246 valence electrons. The summed E-state index contributed by atoms with van der Waals surface area (Å²) in [5, 5.41) is 14.0. The Bertz CT molecular complexity index is 2120. The summed E-state index contributed by atoms with van der Waals surface area (Å²) in [6.45, 7) is -4.71. The van der Waals surface area contributed by atoms with E-state index in [1.807, 2.05) is 0 Å². The Morgan fingerprint density at radius 2 is 1.91 bits per heavy atom. The number of terminal acetylenes is 1. The average molecular weight is 657 g/mol. The summed E-state index contributed by atoms with van der Waals surface area (Å²) in [6.07, 6.45) is 3.88. The van der Waals surface area contributed by atoms with Gasteiger partial charge in [-0.25, -0.2) is 22.0 Å². The molecule has 4 atom stereocenters. The number of halogens is 5. The molecule has 0 spiro atoms. The van der Waals surface area contributed by atoms with Crippen LogP contribution in [-0.4, -0.2) is 78.2 Å². The van der Waals surface area contributed by atoms with Gasteiger partial charge in [-0.05, 0) is 62.4 Å². The Labute approximate surface area is 275 Å². The molecule has 3 aliphatic rings. The van der Waals surface area contributed by atoms with Crippen molar-refractivity contribution >= 4 is 27.5 Å². The van der Waals surface area contributed by atoms with Crippen LogP contribution in [0.25, 0.3) is 32.8 Å². The third kappa shape index (κ3) is 5.49. The van der Waals surface area contributed by atoms with Gasteiger partial charge in [-0.1, -0.05) is 18.9 Å². The molecule has 47 heavy (non-hydrogen) atoms. The lowest BCUT2D eigenvalue weighted by atomic mass is 9.73. The van der Waals surface area contributed by atoms with E-state index in [2.05, 4.69) is 21.2 Å². The number of piperazine rings is 1. The van der Waals surface area contributed by atoms with E-state index in [1.54, 1.807) is 4.90 Å². The van der Waals surface area contributed by atoms with Crippen molar-refractivity contribution < 1.29 is 38.6 Å². The Balaban J connectivity index is 1.43. The minimum atomic E-state index is -3.04. The third-order valence-electron chi connectivity index (χ3n) is 9.55. The molecule has 3 aliphatic heterocycles. The Morgan fingerprint density at radius 3 is 2.62 bits per heavy atom. The summed E-state index contributed by atoms with van der Waals surface area (Å²) in [5.74, 6) is -3.06. The Kier molecular flexibility index (Phi) is 6.48. The Hall–Kier alpha value is -4.21. The van der Waals surface area contributed by atoms with Gasteiger partial charge < -0.3 is 25.0 Å². The van der Waals surface area contributed by atoms with Crippen LogP contribution in [0.3, 0.4) is 0 Å². The van der Waals surface area contributed by atoms with Crippen LogP contribution in [0.4, 0.5) is 27.8 Å². The zero-order valence-electron chi connectivity index (χ0n) is 30.3. The van der Waals surface area contributed by atoms with Gasteiger partial charge in [0.25, 0.3) is 0 Å². The van der Waals surface area contributed by atoms with Crippen LogP contribution in [0.2, 0.25) is 0 Å². The molecule has 3 saturated heterocycles. The molecule has 2 bridgehead atoms. The fraction of sp³-hybridized carbons (Fsp3) is 0.429. The number of phenols is 1. The number of rotatable bonds is 6. The summed E-state index contributed by atoms with van der Waals surface area (Å²) < 4.78 is 124. The predicted octanol–water partition coefficient (Wildman–Crippen LogP) is 6.10. The van der Waals surface area contributed by atoms with E-state index in [0.29, 0.717) is 13.1 Å². The molecule has 0 aliphatic carbocycles. The lowest BCUT2D eigenvalue weighted by Gasteiger charge is -2.44. The number of hydrogen-bond donors (Lipinski definition) is 2. The molecule has 1 aromatic heterocycles. The number of aromatic nitrogens is 2. The molecule has 4 aromatic rings. The van der Waals surface area contributed by atoms with Crippen LogP contribution >= 0.6 is 0 Å². The molecule has 0 unspecified atom stereocenters. The maximum Gasteiger partial charge on any atom is 0.319 e. The van der Waals surface area contributed by atoms with Crippen molar-refractivity contribution in [2.24, 2.45) is 11.3 Å². The number of phenolic OH excluding ortho intramolecular Hbond substituents is 1. The highest BCUT2D eigenvalue weighted by molar-refractivity contribution is 6.04. The van der Waals surface area contributed by atoms with Crippen LogP contribution in [0, 0.1) is 41.1 Å². The minimum Gasteiger partial charge on any atom is -0.508 e. The van der Waals surface area contributed by atoms with E-state index in [9.17, 15) is 18.3 Å². The highest BCUT2D eigenvalue weighted by Gasteiger charge is 2.44. The van der Waals surface area contributed by atoms with Gasteiger partial charge in [0, 0.05) is 63.5 Å². The second-order valence-corrected chi connectivity index (χ2v) is 12.7. The fourth-order valence-electron chi connectivity index (χ4n) is 7.31. The van der Waals surface area contributed by atoms with Crippen LogP contribution in [-0.2, 0) is 0 Å². The second kappa shape index (κ2) is 11.8. The molecule has 0 saturated carbocycles. The fourth-order valence-corrected chi connectivity index (χ4v) is 7.31. The van der Waals surface area contributed by atoms with Crippen molar-refractivity contribution in [2.45, 2.75) is 44.7 Å². The van der Waals surface area contributed by atoms with Gasteiger partial charge in [0.1, 0.15) is 28.7 Å². The second-order valence-electron chi connectivity index (χ2n) is 12.7. The van der Waals surface area contributed by atoms with Crippen molar-refractivity contribution in [3.05, 3.63) is 53.3 Å². The first kappa shape index (κ1) is 25.8. The third-order valence-corrected chi connectivity index (χ3v) is 9.55. The van der Waals surface area contributed by atoms with Gasteiger partial charge in [-0.2, -0.15) is 9.97 Å². The van der Waals surface area contributed by atoms with Crippen LogP contribution in [0.15, 0.2) is 30.3 Å². The van der Waals surface area contributed by atoms with Crippen LogP contribution < -0.4 is 15.0 Å². The van der Waals surface area contributed by atoms with Gasteiger partial charge in [0.2, 0.25) is 6.43 Å². The molecule has 0 amide bonds. The maximum atomic E-state index is 17.0. The number of nitrogens with one attached hydrogen (secondary N) is 1. The maximum absolute atomic E-state index is 17.0. The largest absolute Gasteiger partial charge is 0.508 e. The van der Waals surface area contributed by atoms with Gasteiger partial charge >= 0.3 is 6.01 Å². The molecule has 0 radical (unpaired) electrons. The quantitative estimate of drug-likeness (QED) is 0.192. The van der Waals surface area contributed by atoms with Crippen molar-refractivity contribution in [1.82, 2.24) is 20.2 Å². The average Bonchev–Trinajstić information content (AvgIpc) is 3.40. The first-order valence-corrected chi connectivity index (χ1v) is 15.3. The van der Waals surface area contributed by atoms with E-state index >= 15 is 8.78 Å². The van der Waals surface area contributed by atoms with E-state index < -0.39 is 78.1 Å². The number of aromatic hydroxyl groups is 1. The highest BCUT2D eigenvalue weighted by atomic mass is 19.3. The van der Waals surface area contributed by atoms with E-state index in [-0.39, 0.29) is 58.2 Å². The molecular weight excluding hydrogens is 617 g/mol. The van der Waals surface area contributed by atoms with Gasteiger partial charge in [-0.15, -0.1) is 6.42 Å². The smallest absolute Gasteiger partial charge is 0.319 e. The molecule has 2 N–H and O–H groups in total. The van der Waals surface area contributed by atoms with Crippen molar-refractivity contribution in [3.63, 3.8) is 0 Å². The first-order chi connectivity index (χ1) is 24.4. The molecule has 7 nitrogen and oxygen atoms in total. The van der Waals surface area contributed by atoms with Crippen molar-refractivity contribution in [3.8, 4) is 35.2 Å². The molecular formula is C35H34F5N5O2. The number of anilines is 1. The zero-order chi connectivity index (χ0) is 37.5. The zero-order valence-corrected chi connectivity index (χ0v) is 25.3. The molecule has 7 rings (SSSR count). The normalized spacial score (nSPS) is 26.9. The number of hydrogen-bond acceptors (Lipinski definition) is 7. The number of likely N-dealkylation sites (tertiary alicyclic amines) is 1. The summed E-state index contributed by atoms with van der Waals surface area (Å²) >= 11 is 0. The Morgan fingerprint density at radius 1 is 1.15 bits per heavy atom. The molecule has 3 fully saturated rings. The van der Waals surface area contributed by atoms with E-state index in [1.165, 1.54) is 19.1 Å². The lowest BCUT2D eigenvalue weighted by molar-refractivity contribution is -0.0679. The summed E-state index contributed by atoms with van der Waals surface area (Å²) in [6, 6.07) is 4.91. The van der Waals surface area contributed by atoms with Gasteiger partial charge in [-0.3, -0.25) is 0 Å². The van der Waals surface area contributed by atoms with Crippen LogP contribution in [0.5, 0.6) is 11.8 Å². The van der Waals surface area contributed by atoms with E-state index in [4.69, 9.17) is 18.0 Å². The highest BCUT2D eigenvalue weighted by Crippen LogP contribution is 2.43. The first-order valence-electron chi connectivity index (χ1n) is 17.8. The minimum absolute atomic E-state index is 0.00185. The topological polar surface area (TPSA) is 73.8 Å². The predicted molar refractivity (Wildman–Crippen MR) is 169 cm³/mol. The van der Waals surface area contributed by atoms with E-state index in [0.717, 1.165) is 35.9 Å². The molecule has 12 heteroatoms. The number of nitrogens with zero attached hydrogens (tertiary/aromatic N) is 4. The standard InChI is InChI=1S/C35H34F5N5O2/c1-4-22-26(36)8-5-18-11-21(46)12-23(28(18)22)29-27(37)13-24-31(30(29)38)42-34(43-33(24)45-14-19-6-7-20(15-45)41-19)47-17-35(2)16-44(3)10-9-25(35)32(39)40/h1,5,8,11-13,19-20,25,32,41,46H,6-7,9-10,14-17H2,2-3H3/t19-,20+,25-,35+/m1/s1/i3D3,17D2. The summed E-state index contributed by atoms with van der Waals surface area (Å²) in [5.41, 5.74) is -3.96. The monoisotopic (exact) mass is 656 g/mol. The van der Waals surface area contributed by atoms with Gasteiger partial charge in [0.15, 0.2) is 5.82 Å². The molecule has 3 aromatic carbocycles. The number of benzene rings is 3. The lowest BCUT2D eigenvalue weighted by Crippen LogP contribution is -2.51. The number of ether oxygens (including phenoxy) is 1. The summed E-state index contributed by atoms with van der Waals surface area (Å²) in [7, 11) is 0. The number of fused-ring (bicyclic) bond motifs is 4. The van der Waals surface area contributed by atoms with Gasteiger partial charge in [0.05, 0.1) is 20.4 Å². The van der Waals surface area contributed by atoms with Crippen LogP contribution in [0.1, 0.15) is 38.6 Å². The number of alkyl halides is 2. The summed E-state index contributed by atoms with van der Waals surface area (Å²) in [4.78, 5) is 11.3. The van der Waals surface area contributed by atoms with Crippen molar-refractivity contribution in [2.75, 3.05) is 44.6 Å². The SMILES string of the molecule is [2H]C([2H])([2H])N1CC[C@H](C(F)F)[C@](C)(C([2H])([2H])Oc2nc(N3C[C@H]4CC[C@@H](C3)N4)c3cc(F)c(-c4cc(O)cc5ccc(F)c(C#C)c45)c(F)c3n2)C1. The van der Waals surface area contributed by atoms with Crippen molar-refractivity contribution in [1.29, 1.82) is 0 Å². The molecule has 4 heterocycles.